The molecule has 3 N–H and O–H groups in total. The van der Waals surface area contributed by atoms with E-state index in [1.54, 1.807) is 12.3 Å². The van der Waals surface area contributed by atoms with Gasteiger partial charge in [0.15, 0.2) is 0 Å². The molecular weight excluding hydrogens is 338 g/mol. The number of ether oxygens (including phenoxy) is 1. The summed E-state index contributed by atoms with van der Waals surface area (Å²) in [5.74, 6) is 0.393. The molecule has 0 aliphatic carbocycles. The average Bonchev–Trinajstić information content (AvgIpc) is 2.67. The van der Waals surface area contributed by atoms with Crippen LogP contribution in [0.1, 0.15) is 15.9 Å². The molecule has 9 nitrogen and oxygen atoms in total. The van der Waals surface area contributed by atoms with Crippen LogP contribution in [-0.2, 0) is 11.3 Å². The van der Waals surface area contributed by atoms with Crippen molar-refractivity contribution in [1.29, 1.82) is 0 Å². The van der Waals surface area contributed by atoms with Crippen LogP contribution in [-0.4, -0.2) is 42.1 Å². The van der Waals surface area contributed by atoms with Gasteiger partial charge in [-0.2, -0.15) is 0 Å². The Morgan fingerprint density at radius 1 is 1.35 bits per heavy atom. The van der Waals surface area contributed by atoms with Gasteiger partial charge in [0.25, 0.3) is 11.6 Å². The van der Waals surface area contributed by atoms with E-state index in [-0.39, 0.29) is 23.5 Å². The van der Waals surface area contributed by atoms with E-state index in [0.29, 0.717) is 13.2 Å². The zero-order valence-corrected chi connectivity index (χ0v) is 14.1. The number of nitrogen functional groups attached to an aromatic ring is 1. The number of hydrogen-bond acceptors (Lipinski definition) is 7. The Morgan fingerprint density at radius 2 is 2.12 bits per heavy atom. The Bertz CT molecular complexity index is 821. The van der Waals surface area contributed by atoms with Crippen molar-refractivity contribution in [1.82, 2.24) is 10.3 Å². The highest BCUT2D eigenvalue weighted by Crippen LogP contribution is 2.23. The summed E-state index contributed by atoms with van der Waals surface area (Å²) in [4.78, 5) is 29.2. The van der Waals surface area contributed by atoms with E-state index in [9.17, 15) is 14.9 Å². The molecule has 0 saturated carbocycles. The maximum atomic E-state index is 12.4. The molecule has 136 valence electrons. The Kier molecular flexibility index (Phi) is 5.28. The van der Waals surface area contributed by atoms with Crippen molar-refractivity contribution in [3.05, 3.63) is 57.8 Å². The number of benzene rings is 1. The van der Waals surface area contributed by atoms with Crippen LogP contribution >= 0.6 is 0 Å². The highest BCUT2D eigenvalue weighted by atomic mass is 16.6. The number of amides is 1. The second kappa shape index (κ2) is 7.79. The maximum absolute atomic E-state index is 12.4. The molecule has 1 aliphatic rings. The molecule has 0 unspecified atom stereocenters. The minimum atomic E-state index is -0.607. The third-order valence-electron chi connectivity index (χ3n) is 4.11. The van der Waals surface area contributed by atoms with Gasteiger partial charge in [-0.25, -0.2) is 4.98 Å². The number of carbonyl (C=O) groups is 1. The average molecular weight is 357 g/mol. The molecule has 0 spiro atoms. The lowest BCUT2D eigenvalue weighted by molar-refractivity contribution is -0.383. The summed E-state index contributed by atoms with van der Waals surface area (Å²) in [6, 6.07) is 7.69. The molecule has 2 aromatic rings. The molecule has 0 atom stereocenters. The summed E-state index contributed by atoms with van der Waals surface area (Å²) in [6.45, 7) is 3.01. The van der Waals surface area contributed by atoms with Crippen molar-refractivity contribution >= 4 is 23.1 Å². The summed E-state index contributed by atoms with van der Waals surface area (Å²) >= 11 is 0. The molecule has 3 rings (SSSR count). The third-order valence-corrected chi connectivity index (χ3v) is 4.11. The molecule has 1 aromatic carbocycles. The Labute approximate surface area is 149 Å². The second-order valence-corrected chi connectivity index (χ2v) is 5.80. The molecule has 9 heteroatoms. The lowest BCUT2D eigenvalue weighted by atomic mass is 10.1. The lowest BCUT2D eigenvalue weighted by Gasteiger charge is -2.29. The summed E-state index contributed by atoms with van der Waals surface area (Å²) in [6.07, 6.45) is 1.71. The molecule has 1 fully saturated rings. The minimum Gasteiger partial charge on any atom is -0.393 e. The van der Waals surface area contributed by atoms with Crippen LogP contribution in [0.25, 0.3) is 0 Å². The zero-order chi connectivity index (χ0) is 18.5. The highest BCUT2D eigenvalue weighted by Gasteiger charge is 2.18. The first-order chi connectivity index (χ1) is 12.6. The van der Waals surface area contributed by atoms with E-state index in [1.807, 2.05) is 6.07 Å². The minimum absolute atomic E-state index is 0.0217. The smallest absolute Gasteiger partial charge is 0.292 e. The SMILES string of the molecule is Nc1ccc(C(=O)NCc2cccnc2N2CCOCC2)cc1[N+](=O)[O-]. The van der Waals surface area contributed by atoms with E-state index in [2.05, 4.69) is 15.2 Å². The van der Waals surface area contributed by atoms with Gasteiger partial charge in [-0.05, 0) is 18.2 Å². The number of hydrogen-bond donors (Lipinski definition) is 2. The maximum Gasteiger partial charge on any atom is 0.292 e. The number of nitro benzene ring substituents is 1. The van der Waals surface area contributed by atoms with Crippen LogP contribution in [0.15, 0.2) is 36.5 Å². The topological polar surface area (TPSA) is 124 Å². The number of nitro groups is 1. The number of pyridine rings is 1. The van der Waals surface area contributed by atoms with Gasteiger partial charge in [0.1, 0.15) is 11.5 Å². The molecule has 0 radical (unpaired) electrons. The Morgan fingerprint density at radius 3 is 2.85 bits per heavy atom. The van der Waals surface area contributed by atoms with Crippen LogP contribution in [0.2, 0.25) is 0 Å². The van der Waals surface area contributed by atoms with Crippen molar-refractivity contribution in [2.24, 2.45) is 0 Å². The van der Waals surface area contributed by atoms with E-state index in [1.165, 1.54) is 18.2 Å². The van der Waals surface area contributed by atoms with Crippen molar-refractivity contribution in [2.75, 3.05) is 36.9 Å². The fraction of sp³-hybridized carbons (Fsp3) is 0.294. The lowest BCUT2D eigenvalue weighted by Crippen LogP contribution is -2.37. The van der Waals surface area contributed by atoms with E-state index >= 15 is 0 Å². The van der Waals surface area contributed by atoms with Crippen LogP contribution in [0, 0.1) is 10.1 Å². The first-order valence-corrected chi connectivity index (χ1v) is 8.15. The van der Waals surface area contributed by atoms with Crippen LogP contribution in [0.5, 0.6) is 0 Å². The zero-order valence-electron chi connectivity index (χ0n) is 14.1. The quantitative estimate of drug-likeness (QED) is 0.470. The molecule has 0 bridgehead atoms. The van der Waals surface area contributed by atoms with Gasteiger partial charge in [-0.1, -0.05) is 6.07 Å². The van der Waals surface area contributed by atoms with Gasteiger partial charge in [-0.15, -0.1) is 0 Å². The van der Waals surface area contributed by atoms with Gasteiger partial charge >= 0.3 is 0 Å². The predicted octanol–water partition coefficient (Wildman–Crippen LogP) is 1.34. The largest absolute Gasteiger partial charge is 0.393 e. The molecule has 1 aromatic heterocycles. The fourth-order valence-corrected chi connectivity index (χ4v) is 2.75. The van der Waals surface area contributed by atoms with Gasteiger partial charge in [0.2, 0.25) is 0 Å². The Balaban J connectivity index is 1.72. The first-order valence-electron chi connectivity index (χ1n) is 8.15. The number of nitrogens with zero attached hydrogens (tertiary/aromatic N) is 3. The number of rotatable bonds is 5. The molecule has 2 heterocycles. The van der Waals surface area contributed by atoms with E-state index in [4.69, 9.17) is 10.5 Å². The molecule has 1 amide bonds. The van der Waals surface area contributed by atoms with Crippen LogP contribution < -0.4 is 16.0 Å². The number of aromatic nitrogens is 1. The predicted molar refractivity (Wildman–Crippen MR) is 95.9 cm³/mol. The van der Waals surface area contributed by atoms with Gasteiger partial charge < -0.3 is 20.7 Å². The van der Waals surface area contributed by atoms with E-state index < -0.39 is 10.8 Å². The third kappa shape index (κ3) is 3.89. The first kappa shape index (κ1) is 17.6. The van der Waals surface area contributed by atoms with Gasteiger partial charge in [0.05, 0.1) is 18.1 Å². The van der Waals surface area contributed by atoms with Crippen LogP contribution in [0.4, 0.5) is 17.2 Å². The Hall–Kier alpha value is -3.20. The van der Waals surface area contributed by atoms with Gasteiger partial charge in [0, 0.05) is 43.0 Å². The summed E-state index contributed by atoms with van der Waals surface area (Å²) in [7, 11) is 0. The van der Waals surface area contributed by atoms with Crippen molar-refractivity contribution in [3.63, 3.8) is 0 Å². The number of morpholine rings is 1. The molecule has 26 heavy (non-hydrogen) atoms. The normalized spacial score (nSPS) is 14.1. The van der Waals surface area contributed by atoms with Crippen molar-refractivity contribution < 1.29 is 14.5 Å². The monoisotopic (exact) mass is 357 g/mol. The van der Waals surface area contributed by atoms with Crippen molar-refractivity contribution in [3.8, 4) is 0 Å². The molecular formula is C17H19N5O4. The molecule has 1 saturated heterocycles. The summed E-state index contributed by atoms with van der Waals surface area (Å²) in [5, 5.41) is 13.7. The fourth-order valence-electron chi connectivity index (χ4n) is 2.75. The number of carbonyl (C=O) groups excluding carboxylic acids is 1. The standard InChI is InChI=1S/C17H19N5O4/c18-14-4-3-12(10-15(14)22(24)25)17(23)20-11-13-2-1-5-19-16(13)21-6-8-26-9-7-21/h1-5,10H,6-9,11,18H2,(H,20,23). The van der Waals surface area contributed by atoms with Crippen LogP contribution in [0.3, 0.4) is 0 Å². The van der Waals surface area contributed by atoms with Crippen molar-refractivity contribution in [2.45, 2.75) is 6.54 Å². The highest BCUT2D eigenvalue weighted by molar-refractivity contribution is 5.95. The summed E-state index contributed by atoms with van der Waals surface area (Å²) < 4.78 is 5.35. The summed E-state index contributed by atoms with van der Waals surface area (Å²) in [5.41, 5.74) is 6.35. The number of nitrogens with one attached hydrogen (secondary N) is 1. The molecule has 1 aliphatic heterocycles. The van der Waals surface area contributed by atoms with Gasteiger partial charge in [-0.3, -0.25) is 14.9 Å². The number of anilines is 2. The van der Waals surface area contributed by atoms with E-state index in [0.717, 1.165) is 24.5 Å². The number of nitrogens with two attached hydrogens (primary N) is 1. The second-order valence-electron chi connectivity index (χ2n) is 5.80.